The van der Waals surface area contributed by atoms with Crippen molar-refractivity contribution in [3.8, 4) is 0 Å². The summed E-state index contributed by atoms with van der Waals surface area (Å²) in [4.78, 5) is 36.9. The SMILES string of the molecule is CNC(=O)[C@H]1CCN(C(=O)[C@@H](NC(=O)OC)C(C)C)C1. The van der Waals surface area contributed by atoms with E-state index in [9.17, 15) is 14.4 Å². The molecule has 0 aromatic rings. The molecule has 0 saturated carbocycles. The Balaban J connectivity index is 2.67. The maximum Gasteiger partial charge on any atom is 0.407 e. The molecule has 2 N–H and O–H groups in total. The van der Waals surface area contributed by atoms with Crippen molar-refractivity contribution >= 4 is 17.9 Å². The van der Waals surface area contributed by atoms with Crippen LogP contribution >= 0.6 is 0 Å². The summed E-state index contributed by atoms with van der Waals surface area (Å²) in [5, 5.41) is 5.14. The number of alkyl carbamates (subject to hydrolysis) is 1. The van der Waals surface area contributed by atoms with Crippen molar-refractivity contribution in [2.75, 3.05) is 27.2 Å². The molecule has 20 heavy (non-hydrogen) atoms. The first-order chi connectivity index (χ1) is 9.40. The van der Waals surface area contributed by atoms with E-state index in [1.807, 2.05) is 13.8 Å². The van der Waals surface area contributed by atoms with Crippen LogP contribution in [0.3, 0.4) is 0 Å². The first kappa shape index (κ1) is 16.3. The first-order valence-electron chi connectivity index (χ1n) is 6.75. The maximum absolute atomic E-state index is 12.4. The molecule has 1 fully saturated rings. The highest BCUT2D eigenvalue weighted by molar-refractivity contribution is 5.87. The smallest absolute Gasteiger partial charge is 0.407 e. The minimum absolute atomic E-state index is 0.0534. The summed E-state index contributed by atoms with van der Waals surface area (Å²) in [6.07, 6.45) is 0.0214. The Labute approximate surface area is 119 Å². The molecule has 0 unspecified atom stereocenters. The van der Waals surface area contributed by atoms with E-state index in [0.717, 1.165) is 0 Å². The predicted octanol–water partition coefficient (Wildman–Crippen LogP) is -0.0385. The number of ether oxygens (including phenoxy) is 1. The van der Waals surface area contributed by atoms with Crippen LogP contribution in [0.5, 0.6) is 0 Å². The van der Waals surface area contributed by atoms with Crippen molar-refractivity contribution in [2.45, 2.75) is 26.3 Å². The first-order valence-corrected chi connectivity index (χ1v) is 6.75. The summed E-state index contributed by atoms with van der Waals surface area (Å²) in [6, 6.07) is -0.633. The fourth-order valence-corrected chi connectivity index (χ4v) is 2.27. The van der Waals surface area contributed by atoms with E-state index in [-0.39, 0.29) is 23.7 Å². The van der Waals surface area contributed by atoms with Crippen molar-refractivity contribution in [3.63, 3.8) is 0 Å². The van der Waals surface area contributed by atoms with Gasteiger partial charge < -0.3 is 20.3 Å². The van der Waals surface area contributed by atoms with E-state index in [1.54, 1.807) is 11.9 Å². The Hall–Kier alpha value is -1.79. The van der Waals surface area contributed by atoms with Crippen LogP contribution in [0.25, 0.3) is 0 Å². The van der Waals surface area contributed by atoms with Gasteiger partial charge in [-0.15, -0.1) is 0 Å². The topological polar surface area (TPSA) is 87.7 Å². The zero-order valence-electron chi connectivity index (χ0n) is 12.4. The molecule has 3 amide bonds. The molecular formula is C13H23N3O4. The van der Waals surface area contributed by atoms with Gasteiger partial charge in [0.2, 0.25) is 11.8 Å². The molecule has 2 atom stereocenters. The molecular weight excluding hydrogens is 262 g/mol. The average molecular weight is 285 g/mol. The lowest BCUT2D eigenvalue weighted by molar-refractivity contribution is -0.133. The second kappa shape index (κ2) is 7.12. The van der Waals surface area contributed by atoms with Crippen molar-refractivity contribution < 1.29 is 19.1 Å². The van der Waals surface area contributed by atoms with Crippen molar-refractivity contribution in [2.24, 2.45) is 11.8 Å². The summed E-state index contributed by atoms with van der Waals surface area (Å²) < 4.78 is 4.54. The van der Waals surface area contributed by atoms with E-state index in [4.69, 9.17) is 0 Å². The van der Waals surface area contributed by atoms with Crippen molar-refractivity contribution in [1.29, 1.82) is 0 Å². The van der Waals surface area contributed by atoms with E-state index in [1.165, 1.54) is 7.11 Å². The Kier molecular flexibility index (Phi) is 5.79. The van der Waals surface area contributed by atoms with E-state index < -0.39 is 12.1 Å². The number of hydrogen-bond donors (Lipinski definition) is 2. The van der Waals surface area contributed by atoms with Gasteiger partial charge in [-0.1, -0.05) is 13.8 Å². The molecule has 1 aliphatic heterocycles. The molecule has 0 aromatic carbocycles. The second-order valence-corrected chi connectivity index (χ2v) is 5.24. The molecule has 1 saturated heterocycles. The number of carbonyl (C=O) groups excluding carboxylic acids is 3. The average Bonchev–Trinajstić information content (AvgIpc) is 2.92. The van der Waals surface area contributed by atoms with Gasteiger partial charge >= 0.3 is 6.09 Å². The molecule has 1 aliphatic rings. The highest BCUT2D eigenvalue weighted by atomic mass is 16.5. The third kappa shape index (κ3) is 3.85. The molecule has 1 rings (SSSR count). The molecule has 0 spiro atoms. The standard InChI is InChI=1S/C13H23N3O4/c1-8(2)10(15-13(19)20-4)12(18)16-6-5-9(7-16)11(17)14-3/h8-10H,5-7H2,1-4H3,(H,14,17)(H,15,19)/t9-,10-/m0/s1. The van der Waals surface area contributed by atoms with Gasteiger partial charge in [0.15, 0.2) is 0 Å². The van der Waals surface area contributed by atoms with Gasteiger partial charge in [0, 0.05) is 20.1 Å². The van der Waals surface area contributed by atoms with Gasteiger partial charge in [0.05, 0.1) is 13.0 Å². The molecule has 114 valence electrons. The summed E-state index contributed by atoms with van der Waals surface area (Å²) in [7, 11) is 2.84. The Bertz CT molecular complexity index is 384. The molecule has 1 heterocycles. The second-order valence-electron chi connectivity index (χ2n) is 5.24. The van der Waals surface area contributed by atoms with Crippen molar-refractivity contribution in [1.82, 2.24) is 15.5 Å². The zero-order valence-corrected chi connectivity index (χ0v) is 12.4. The van der Waals surface area contributed by atoms with E-state index >= 15 is 0 Å². The molecule has 0 aliphatic carbocycles. The van der Waals surface area contributed by atoms with Crippen LogP contribution in [0.15, 0.2) is 0 Å². The summed E-state index contributed by atoms with van der Waals surface area (Å²) in [5.41, 5.74) is 0. The van der Waals surface area contributed by atoms with Gasteiger partial charge in [0.25, 0.3) is 0 Å². The summed E-state index contributed by atoms with van der Waals surface area (Å²) in [6.45, 7) is 4.63. The quantitative estimate of drug-likeness (QED) is 0.759. The predicted molar refractivity (Wildman–Crippen MR) is 72.9 cm³/mol. The van der Waals surface area contributed by atoms with Crippen LogP contribution in [0.1, 0.15) is 20.3 Å². The number of methoxy groups -OCH3 is 1. The van der Waals surface area contributed by atoms with Crippen molar-refractivity contribution in [3.05, 3.63) is 0 Å². The Morgan fingerprint density at radius 2 is 1.95 bits per heavy atom. The lowest BCUT2D eigenvalue weighted by Gasteiger charge is -2.26. The number of amides is 3. The van der Waals surface area contributed by atoms with Crippen LogP contribution in [-0.2, 0) is 14.3 Å². The highest BCUT2D eigenvalue weighted by Crippen LogP contribution is 2.18. The Morgan fingerprint density at radius 1 is 1.30 bits per heavy atom. The van der Waals surface area contributed by atoms with E-state index in [2.05, 4.69) is 15.4 Å². The minimum atomic E-state index is -0.633. The van der Waals surface area contributed by atoms with Crippen LogP contribution in [-0.4, -0.2) is 56.1 Å². The fraction of sp³-hybridized carbons (Fsp3) is 0.769. The van der Waals surface area contributed by atoms with Crippen LogP contribution in [0, 0.1) is 11.8 Å². The Morgan fingerprint density at radius 3 is 2.45 bits per heavy atom. The molecule has 7 heteroatoms. The van der Waals surface area contributed by atoms with Gasteiger partial charge in [-0.05, 0) is 12.3 Å². The fourth-order valence-electron chi connectivity index (χ4n) is 2.27. The normalized spacial score (nSPS) is 19.6. The van der Waals surface area contributed by atoms with Gasteiger partial charge in [-0.2, -0.15) is 0 Å². The largest absolute Gasteiger partial charge is 0.453 e. The number of hydrogen-bond acceptors (Lipinski definition) is 4. The third-order valence-electron chi connectivity index (χ3n) is 3.51. The molecule has 7 nitrogen and oxygen atoms in total. The lowest BCUT2D eigenvalue weighted by Crippen LogP contribution is -2.50. The van der Waals surface area contributed by atoms with E-state index in [0.29, 0.717) is 19.5 Å². The summed E-state index contributed by atoms with van der Waals surface area (Å²) in [5.74, 6) is -0.449. The highest BCUT2D eigenvalue weighted by Gasteiger charge is 2.35. The summed E-state index contributed by atoms with van der Waals surface area (Å²) >= 11 is 0. The molecule has 0 bridgehead atoms. The zero-order chi connectivity index (χ0) is 15.3. The van der Waals surface area contributed by atoms with Gasteiger partial charge in [-0.25, -0.2) is 4.79 Å². The lowest BCUT2D eigenvalue weighted by atomic mass is 10.0. The molecule has 0 radical (unpaired) electrons. The number of nitrogens with one attached hydrogen (secondary N) is 2. The minimum Gasteiger partial charge on any atom is -0.453 e. The number of rotatable bonds is 4. The maximum atomic E-state index is 12.4. The number of likely N-dealkylation sites (tertiary alicyclic amines) is 1. The number of nitrogens with zero attached hydrogens (tertiary/aromatic N) is 1. The molecule has 0 aromatic heterocycles. The number of carbonyl (C=O) groups is 3. The van der Waals surface area contributed by atoms with Crippen LogP contribution in [0.4, 0.5) is 4.79 Å². The monoisotopic (exact) mass is 285 g/mol. The van der Waals surface area contributed by atoms with Crippen LogP contribution in [0.2, 0.25) is 0 Å². The third-order valence-corrected chi connectivity index (χ3v) is 3.51. The van der Waals surface area contributed by atoms with Gasteiger partial charge in [0.1, 0.15) is 6.04 Å². The van der Waals surface area contributed by atoms with Crippen LogP contribution < -0.4 is 10.6 Å². The van der Waals surface area contributed by atoms with Gasteiger partial charge in [-0.3, -0.25) is 9.59 Å².